The minimum Gasteiger partial charge on any atom is -0.491 e. The van der Waals surface area contributed by atoms with Crippen LogP contribution in [0.3, 0.4) is 0 Å². The molecule has 210 valence electrons. The van der Waals surface area contributed by atoms with Gasteiger partial charge in [0, 0.05) is 25.3 Å². The van der Waals surface area contributed by atoms with Crippen molar-refractivity contribution in [2.45, 2.75) is 46.1 Å². The van der Waals surface area contributed by atoms with E-state index < -0.39 is 11.9 Å². The van der Waals surface area contributed by atoms with Crippen LogP contribution in [0.25, 0.3) is 22.6 Å². The molecule has 0 unspecified atom stereocenters. The van der Waals surface area contributed by atoms with Crippen molar-refractivity contribution in [3.05, 3.63) is 46.7 Å². The van der Waals surface area contributed by atoms with Crippen LogP contribution >= 0.6 is 0 Å². The lowest BCUT2D eigenvalue weighted by atomic mass is 9.90. The monoisotopic (exact) mass is 541 g/mol. The van der Waals surface area contributed by atoms with Crippen molar-refractivity contribution in [2.75, 3.05) is 40.4 Å². The number of nitrogens with zero attached hydrogens (tertiary/aromatic N) is 4. The second-order valence-corrected chi connectivity index (χ2v) is 9.94. The van der Waals surface area contributed by atoms with E-state index in [1.165, 1.54) is 19.2 Å². The van der Waals surface area contributed by atoms with Gasteiger partial charge in [-0.05, 0) is 76.8 Å². The van der Waals surface area contributed by atoms with Crippen molar-refractivity contribution in [1.29, 1.82) is 0 Å². The summed E-state index contributed by atoms with van der Waals surface area (Å²) in [5, 5.41) is 17.0. The number of methoxy groups -OCH3 is 1. The number of carbonyl (C=O) groups excluding carboxylic acids is 1. The van der Waals surface area contributed by atoms with Gasteiger partial charge < -0.3 is 29.3 Å². The molecule has 39 heavy (non-hydrogen) atoms. The van der Waals surface area contributed by atoms with Gasteiger partial charge in [-0.3, -0.25) is 0 Å². The van der Waals surface area contributed by atoms with Crippen LogP contribution in [0.1, 0.15) is 35.6 Å². The normalized spacial score (nSPS) is 14.9. The second kappa shape index (κ2) is 12.5. The first-order valence-corrected chi connectivity index (χ1v) is 13.1. The van der Waals surface area contributed by atoms with Gasteiger partial charge in [-0.15, -0.1) is 0 Å². The van der Waals surface area contributed by atoms with E-state index >= 15 is 4.39 Å². The molecule has 3 heterocycles. The molecule has 0 radical (unpaired) electrons. The zero-order valence-corrected chi connectivity index (χ0v) is 23.1. The number of halogens is 1. The van der Waals surface area contributed by atoms with Gasteiger partial charge in [0.25, 0.3) is 0 Å². The molecule has 1 saturated heterocycles. The van der Waals surface area contributed by atoms with Gasteiger partial charge in [0.2, 0.25) is 0 Å². The summed E-state index contributed by atoms with van der Waals surface area (Å²) in [6.45, 7) is 7.28. The Hall–Kier alpha value is -3.57. The highest BCUT2D eigenvalue weighted by atomic mass is 19.1. The number of aliphatic hydroxyl groups excluding tert-OH is 1. The SMILES string of the molecule is CNC[C@H](O)COc1ccc(F)c(-c2nc(CC3CCN(C(=O)OC)CC3)c(C)c(-c3c(C)noc3C)n2)c1. The molecule has 0 aliphatic carbocycles. The quantitative estimate of drug-likeness (QED) is 0.416. The molecule has 11 heteroatoms. The molecule has 0 bridgehead atoms. The molecule has 1 atom stereocenters. The Bertz CT molecular complexity index is 1290. The van der Waals surface area contributed by atoms with Crippen LogP contribution in [0.5, 0.6) is 5.75 Å². The Morgan fingerprint density at radius 2 is 2.00 bits per heavy atom. The first-order valence-electron chi connectivity index (χ1n) is 13.1. The molecule has 1 fully saturated rings. The lowest BCUT2D eigenvalue weighted by molar-refractivity contribution is 0.106. The molecular formula is C28H36FN5O5. The van der Waals surface area contributed by atoms with Crippen molar-refractivity contribution >= 4 is 6.09 Å². The van der Waals surface area contributed by atoms with Crippen LogP contribution in [0.4, 0.5) is 9.18 Å². The van der Waals surface area contributed by atoms with Gasteiger partial charge in [-0.25, -0.2) is 19.2 Å². The number of carbonyl (C=O) groups is 1. The number of rotatable bonds is 9. The molecule has 1 aromatic carbocycles. The average Bonchev–Trinajstić information content (AvgIpc) is 3.27. The van der Waals surface area contributed by atoms with E-state index in [0.717, 1.165) is 29.7 Å². The highest BCUT2D eigenvalue weighted by molar-refractivity contribution is 5.71. The predicted octanol–water partition coefficient (Wildman–Crippen LogP) is 3.84. The minimum absolute atomic E-state index is 0.0561. The number of piperidine rings is 1. The summed E-state index contributed by atoms with van der Waals surface area (Å²) in [4.78, 5) is 23.3. The van der Waals surface area contributed by atoms with Crippen LogP contribution in [0, 0.1) is 32.5 Å². The molecule has 1 amide bonds. The average molecular weight is 542 g/mol. The minimum atomic E-state index is -0.706. The fraction of sp³-hybridized carbons (Fsp3) is 0.500. The molecule has 3 aromatic rings. The summed E-state index contributed by atoms with van der Waals surface area (Å²) in [6.07, 6.45) is 1.25. The fourth-order valence-electron chi connectivity index (χ4n) is 4.92. The Balaban J connectivity index is 1.70. The number of hydrogen-bond acceptors (Lipinski definition) is 9. The zero-order chi connectivity index (χ0) is 28.1. The van der Waals surface area contributed by atoms with Crippen molar-refractivity contribution < 1.29 is 28.3 Å². The number of aromatic nitrogens is 3. The van der Waals surface area contributed by atoms with Crippen molar-refractivity contribution in [3.63, 3.8) is 0 Å². The topological polar surface area (TPSA) is 123 Å². The van der Waals surface area contributed by atoms with E-state index in [4.69, 9.17) is 24.0 Å². The third kappa shape index (κ3) is 6.54. The molecule has 10 nitrogen and oxygen atoms in total. The maximum atomic E-state index is 15.2. The molecule has 0 saturated carbocycles. The summed E-state index contributed by atoms with van der Waals surface area (Å²) in [5.74, 6) is 1.06. The molecular weight excluding hydrogens is 505 g/mol. The van der Waals surface area contributed by atoms with Crippen LogP contribution in [0.15, 0.2) is 22.7 Å². The number of likely N-dealkylation sites (N-methyl/N-ethyl adjacent to an activating group) is 1. The van der Waals surface area contributed by atoms with Crippen LogP contribution in [-0.2, 0) is 11.2 Å². The Kier molecular flexibility index (Phi) is 9.13. The van der Waals surface area contributed by atoms with Gasteiger partial charge in [-0.1, -0.05) is 5.16 Å². The summed E-state index contributed by atoms with van der Waals surface area (Å²) < 4.78 is 31.2. The van der Waals surface area contributed by atoms with Crippen LogP contribution in [-0.4, -0.2) is 77.7 Å². The third-order valence-corrected chi connectivity index (χ3v) is 7.11. The fourth-order valence-corrected chi connectivity index (χ4v) is 4.92. The summed E-state index contributed by atoms with van der Waals surface area (Å²) in [6, 6.07) is 4.39. The van der Waals surface area contributed by atoms with E-state index in [2.05, 4.69) is 10.5 Å². The van der Waals surface area contributed by atoms with E-state index in [9.17, 15) is 9.90 Å². The lowest BCUT2D eigenvalue weighted by Crippen LogP contribution is -2.38. The number of ether oxygens (including phenoxy) is 2. The number of aliphatic hydroxyl groups is 1. The Morgan fingerprint density at radius 1 is 1.26 bits per heavy atom. The third-order valence-electron chi connectivity index (χ3n) is 7.11. The summed E-state index contributed by atoms with van der Waals surface area (Å²) in [5.41, 5.74) is 3.99. The van der Waals surface area contributed by atoms with E-state index in [1.54, 1.807) is 18.0 Å². The number of likely N-dealkylation sites (tertiary alicyclic amines) is 1. The van der Waals surface area contributed by atoms with Crippen molar-refractivity contribution in [1.82, 2.24) is 25.3 Å². The molecule has 1 aliphatic heterocycles. The maximum absolute atomic E-state index is 15.2. The Morgan fingerprint density at radius 3 is 2.64 bits per heavy atom. The maximum Gasteiger partial charge on any atom is 0.409 e. The number of benzene rings is 1. The Labute approximate surface area is 227 Å². The van der Waals surface area contributed by atoms with Gasteiger partial charge in [-0.2, -0.15) is 0 Å². The summed E-state index contributed by atoms with van der Waals surface area (Å²) in [7, 11) is 3.13. The first kappa shape index (κ1) is 28.4. The molecule has 4 rings (SSSR count). The van der Waals surface area contributed by atoms with Gasteiger partial charge in [0.1, 0.15) is 30.0 Å². The highest BCUT2D eigenvalue weighted by Gasteiger charge is 2.27. The second-order valence-electron chi connectivity index (χ2n) is 9.94. The van der Waals surface area contributed by atoms with Gasteiger partial charge >= 0.3 is 6.09 Å². The molecule has 2 N–H and O–H groups in total. The van der Waals surface area contributed by atoms with Crippen molar-refractivity contribution in [3.8, 4) is 28.4 Å². The molecule has 0 spiro atoms. The molecule has 2 aromatic heterocycles. The lowest BCUT2D eigenvalue weighted by Gasteiger charge is -2.31. The highest BCUT2D eigenvalue weighted by Crippen LogP contribution is 2.34. The van der Waals surface area contributed by atoms with Crippen LogP contribution in [0.2, 0.25) is 0 Å². The zero-order valence-electron chi connectivity index (χ0n) is 23.1. The van der Waals surface area contributed by atoms with E-state index in [1.807, 2.05) is 20.8 Å². The smallest absolute Gasteiger partial charge is 0.409 e. The van der Waals surface area contributed by atoms with Gasteiger partial charge in [0.05, 0.1) is 29.6 Å². The standard InChI is InChI=1S/C28H36FN5O5/c1-16-24(12-19-8-10-34(11-9-19)28(36)37-5)31-27(32-26(16)25-17(2)33-39-18(25)3)22-13-21(6-7-23(22)29)38-15-20(35)14-30-4/h6-7,13,19-20,30,35H,8-12,14-15H2,1-5H3/t20-/m0/s1. The van der Waals surface area contributed by atoms with Crippen molar-refractivity contribution in [2.24, 2.45) is 5.92 Å². The number of nitrogens with one attached hydrogen (secondary N) is 1. The number of aryl methyl sites for hydroxylation is 2. The summed E-state index contributed by atoms with van der Waals surface area (Å²) >= 11 is 0. The number of hydrogen-bond donors (Lipinski definition) is 2. The number of amides is 1. The predicted molar refractivity (Wildman–Crippen MR) is 143 cm³/mol. The van der Waals surface area contributed by atoms with Crippen LogP contribution < -0.4 is 10.1 Å². The van der Waals surface area contributed by atoms with Gasteiger partial charge in [0.15, 0.2) is 5.82 Å². The first-order chi connectivity index (χ1) is 18.7. The van der Waals surface area contributed by atoms with E-state index in [-0.39, 0.29) is 30.0 Å². The largest absolute Gasteiger partial charge is 0.491 e. The van der Waals surface area contributed by atoms with E-state index in [0.29, 0.717) is 49.0 Å². The molecule has 1 aliphatic rings.